The van der Waals surface area contributed by atoms with E-state index in [0.717, 1.165) is 0 Å². The first-order chi connectivity index (χ1) is 7.15. The standard InChI is InChI=1S/C11H11FO3/c1-15-11-8(4-2-6-9(11)12)5-3-7-10(13)14/h2-6H,7H2,1H3,(H,13,14). The second-order valence-electron chi connectivity index (χ2n) is 2.86. The summed E-state index contributed by atoms with van der Waals surface area (Å²) in [6.07, 6.45) is 2.87. The van der Waals surface area contributed by atoms with Crippen molar-refractivity contribution in [2.45, 2.75) is 6.42 Å². The molecular formula is C11H11FO3. The summed E-state index contributed by atoms with van der Waals surface area (Å²) in [5.74, 6) is -1.27. The number of carboxylic acid groups (broad SMARTS) is 1. The predicted molar refractivity (Wildman–Crippen MR) is 54.2 cm³/mol. The van der Waals surface area contributed by atoms with Crippen LogP contribution in [0.25, 0.3) is 6.08 Å². The van der Waals surface area contributed by atoms with Gasteiger partial charge in [-0.2, -0.15) is 0 Å². The summed E-state index contributed by atoms with van der Waals surface area (Å²) in [4.78, 5) is 10.3. The minimum atomic E-state index is -0.929. The van der Waals surface area contributed by atoms with Gasteiger partial charge in [0.15, 0.2) is 11.6 Å². The number of para-hydroxylation sites is 1. The number of carbonyl (C=O) groups is 1. The Morgan fingerprint density at radius 2 is 2.33 bits per heavy atom. The summed E-state index contributed by atoms with van der Waals surface area (Å²) in [6, 6.07) is 4.48. The molecule has 80 valence electrons. The highest BCUT2D eigenvalue weighted by Gasteiger charge is 2.05. The van der Waals surface area contributed by atoms with Gasteiger partial charge in [0.2, 0.25) is 0 Å². The normalized spacial score (nSPS) is 10.5. The third-order valence-corrected chi connectivity index (χ3v) is 1.79. The zero-order valence-corrected chi connectivity index (χ0v) is 8.24. The smallest absolute Gasteiger partial charge is 0.307 e. The van der Waals surface area contributed by atoms with Crippen LogP contribution in [0, 0.1) is 5.82 Å². The van der Waals surface area contributed by atoms with E-state index in [1.165, 1.54) is 31.4 Å². The van der Waals surface area contributed by atoms with Crippen LogP contribution >= 0.6 is 0 Å². The topological polar surface area (TPSA) is 46.5 Å². The molecule has 0 atom stereocenters. The van der Waals surface area contributed by atoms with E-state index in [4.69, 9.17) is 9.84 Å². The van der Waals surface area contributed by atoms with Crippen LogP contribution < -0.4 is 4.74 Å². The third-order valence-electron chi connectivity index (χ3n) is 1.79. The summed E-state index contributed by atoms with van der Waals surface area (Å²) in [7, 11) is 1.37. The van der Waals surface area contributed by atoms with Crippen LogP contribution in [0.2, 0.25) is 0 Å². The SMILES string of the molecule is COc1c(F)cccc1C=CCC(=O)O. The Labute approximate surface area is 86.8 Å². The Balaban J connectivity index is 2.89. The first-order valence-corrected chi connectivity index (χ1v) is 4.36. The van der Waals surface area contributed by atoms with E-state index in [-0.39, 0.29) is 12.2 Å². The average molecular weight is 210 g/mol. The number of hydrogen-bond donors (Lipinski definition) is 1. The highest BCUT2D eigenvalue weighted by Crippen LogP contribution is 2.23. The lowest BCUT2D eigenvalue weighted by atomic mass is 10.1. The molecule has 0 radical (unpaired) electrons. The van der Waals surface area contributed by atoms with Gasteiger partial charge in [-0.3, -0.25) is 4.79 Å². The molecule has 0 aliphatic carbocycles. The molecule has 0 spiro atoms. The fourth-order valence-corrected chi connectivity index (χ4v) is 1.16. The largest absolute Gasteiger partial charge is 0.493 e. The number of carboxylic acids is 1. The van der Waals surface area contributed by atoms with Gasteiger partial charge in [0.1, 0.15) is 0 Å². The minimum absolute atomic E-state index is 0.0976. The van der Waals surface area contributed by atoms with Gasteiger partial charge in [0.05, 0.1) is 13.5 Å². The van der Waals surface area contributed by atoms with Gasteiger partial charge in [-0.15, -0.1) is 0 Å². The zero-order chi connectivity index (χ0) is 11.3. The molecule has 1 aromatic rings. The number of ether oxygens (including phenoxy) is 1. The predicted octanol–water partition coefficient (Wildman–Crippen LogP) is 2.32. The highest BCUT2D eigenvalue weighted by molar-refractivity contribution is 5.71. The summed E-state index contributed by atoms with van der Waals surface area (Å²) >= 11 is 0. The molecule has 1 N–H and O–H groups in total. The van der Waals surface area contributed by atoms with Crippen molar-refractivity contribution < 1.29 is 19.0 Å². The van der Waals surface area contributed by atoms with Gasteiger partial charge in [-0.25, -0.2) is 4.39 Å². The first kappa shape index (κ1) is 11.2. The molecule has 0 saturated carbocycles. The maximum atomic E-state index is 13.2. The second-order valence-corrected chi connectivity index (χ2v) is 2.86. The van der Waals surface area contributed by atoms with Crippen LogP contribution in [0.3, 0.4) is 0 Å². The number of rotatable bonds is 4. The van der Waals surface area contributed by atoms with E-state index in [1.807, 2.05) is 0 Å². The molecule has 0 amide bonds. The second kappa shape index (κ2) is 5.14. The Morgan fingerprint density at radius 3 is 2.93 bits per heavy atom. The molecule has 4 heteroatoms. The number of halogens is 1. The van der Waals surface area contributed by atoms with Crippen LogP contribution in [0.1, 0.15) is 12.0 Å². The van der Waals surface area contributed by atoms with Crippen LogP contribution in [0.15, 0.2) is 24.3 Å². The van der Waals surface area contributed by atoms with E-state index < -0.39 is 11.8 Å². The molecule has 15 heavy (non-hydrogen) atoms. The van der Waals surface area contributed by atoms with E-state index >= 15 is 0 Å². The molecule has 0 heterocycles. The van der Waals surface area contributed by atoms with Crippen molar-refractivity contribution in [2.24, 2.45) is 0 Å². The highest BCUT2D eigenvalue weighted by atomic mass is 19.1. The Morgan fingerprint density at radius 1 is 1.60 bits per heavy atom. The van der Waals surface area contributed by atoms with Gasteiger partial charge in [-0.05, 0) is 6.07 Å². The fourth-order valence-electron chi connectivity index (χ4n) is 1.16. The van der Waals surface area contributed by atoms with E-state index in [2.05, 4.69) is 0 Å². The molecule has 0 aromatic heterocycles. The Bertz CT molecular complexity index is 385. The van der Waals surface area contributed by atoms with E-state index in [1.54, 1.807) is 6.07 Å². The van der Waals surface area contributed by atoms with Crippen molar-refractivity contribution in [1.82, 2.24) is 0 Å². The quantitative estimate of drug-likeness (QED) is 0.829. The summed E-state index contributed by atoms with van der Waals surface area (Å²) in [5, 5.41) is 8.42. The monoisotopic (exact) mass is 210 g/mol. The van der Waals surface area contributed by atoms with Crippen molar-refractivity contribution >= 4 is 12.0 Å². The summed E-state index contributed by atoms with van der Waals surface area (Å²) < 4.78 is 18.0. The van der Waals surface area contributed by atoms with Crippen LogP contribution in [-0.4, -0.2) is 18.2 Å². The Hall–Kier alpha value is -1.84. The van der Waals surface area contributed by atoms with Gasteiger partial charge in [0.25, 0.3) is 0 Å². The third kappa shape index (κ3) is 3.09. The number of benzene rings is 1. The molecule has 1 aromatic carbocycles. The maximum absolute atomic E-state index is 13.2. The van der Waals surface area contributed by atoms with Crippen LogP contribution in [0.4, 0.5) is 4.39 Å². The molecule has 3 nitrogen and oxygen atoms in total. The number of hydrogen-bond acceptors (Lipinski definition) is 2. The van der Waals surface area contributed by atoms with Gasteiger partial charge in [-0.1, -0.05) is 24.3 Å². The van der Waals surface area contributed by atoms with Crippen LogP contribution in [0.5, 0.6) is 5.75 Å². The van der Waals surface area contributed by atoms with E-state index in [0.29, 0.717) is 5.56 Å². The van der Waals surface area contributed by atoms with Gasteiger partial charge >= 0.3 is 5.97 Å². The van der Waals surface area contributed by atoms with Crippen molar-refractivity contribution in [3.63, 3.8) is 0 Å². The molecule has 0 aliphatic heterocycles. The van der Waals surface area contributed by atoms with Gasteiger partial charge < -0.3 is 9.84 Å². The molecule has 0 fully saturated rings. The molecular weight excluding hydrogens is 199 g/mol. The lowest BCUT2D eigenvalue weighted by Gasteiger charge is -2.04. The maximum Gasteiger partial charge on any atom is 0.307 e. The Kier molecular flexibility index (Phi) is 3.85. The fraction of sp³-hybridized carbons (Fsp3) is 0.182. The number of aliphatic carboxylic acids is 1. The molecule has 1 rings (SSSR count). The lowest BCUT2D eigenvalue weighted by Crippen LogP contribution is -1.92. The van der Waals surface area contributed by atoms with Crippen molar-refractivity contribution in [2.75, 3.05) is 7.11 Å². The first-order valence-electron chi connectivity index (χ1n) is 4.36. The zero-order valence-electron chi connectivity index (χ0n) is 8.24. The molecule has 0 unspecified atom stereocenters. The molecule has 0 saturated heterocycles. The summed E-state index contributed by atoms with van der Waals surface area (Å²) in [5.41, 5.74) is 0.527. The average Bonchev–Trinajstić information content (AvgIpc) is 2.17. The van der Waals surface area contributed by atoms with Crippen molar-refractivity contribution in [1.29, 1.82) is 0 Å². The summed E-state index contributed by atoms with van der Waals surface area (Å²) in [6.45, 7) is 0. The lowest BCUT2D eigenvalue weighted by molar-refractivity contribution is -0.135. The molecule has 0 aliphatic rings. The molecule has 0 bridgehead atoms. The van der Waals surface area contributed by atoms with Crippen molar-refractivity contribution in [3.8, 4) is 5.75 Å². The van der Waals surface area contributed by atoms with E-state index in [9.17, 15) is 9.18 Å². The van der Waals surface area contributed by atoms with Crippen molar-refractivity contribution in [3.05, 3.63) is 35.7 Å². The van der Waals surface area contributed by atoms with Crippen LogP contribution in [-0.2, 0) is 4.79 Å². The number of methoxy groups -OCH3 is 1. The minimum Gasteiger partial charge on any atom is -0.493 e. The van der Waals surface area contributed by atoms with Gasteiger partial charge in [0, 0.05) is 5.56 Å².